The van der Waals surface area contributed by atoms with E-state index in [9.17, 15) is 0 Å². The Kier molecular flexibility index (Phi) is 3.20. The molecule has 0 amide bonds. The Morgan fingerprint density at radius 1 is 1.50 bits per heavy atom. The van der Waals surface area contributed by atoms with Crippen LogP contribution in [0.2, 0.25) is 0 Å². The van der Waals surface area contributed by atoms with Crippen molar-refractivity contribution < 1.29 is 0 Å². The second-order valence-corrected chi connectivity index (χ2v) is 4.77. The zero-order valence-corrected chi connectivity index (χ0v) is 10.7. The highest BCUT2D eigenvalue weighted by Gasteiger charge is 2.31. The maximum Gasteiger partial charge on any atom is 0.0481 e. The first-order valence-corrected chi connectivity index (χ1v) is 6.20. The number of hydrogen-bond acceptors (Lipinski definition) is 2. The van der Waals surface area contributed by atoms with E-state index in [1.54, 1.807) is 0 Å². The van der Waals surface area contributed by atoms with Gasteiger partial charge in [-0.25, -0.2) is 0 Å². The summed E-state index contributed by atoms with van der Waals surface area (Å²) in [5.74, 6) is 0. The molecular formula is C14H22N2. The number of anilines is 1. The zero-order valence-electron chi connectivity index (χ0n) is 10.7. The van der Waals surface area contributed by atoms with Gasteiger partial charge in [0.05, 0.1) is 0 Å². The molecule has 0 radical (unpaired) electrons. The topological polar surface area (TPSA) is 15.3 Å². The molecule has 2 rings (SSSR count). The van der Waals surface area contributed by atoms with Gasteiger partial charge in [-0.2, -0.15) is 0 Å². The van der Waals surface area contributed by atoms with Crippen molar-refractivity contribution >= 4 is 5.69 Å². The lowest BCUT2D eigenvalue weighted by Crippen LogP contribution is -2.45. The van der Waals surface area contributed by atoms with E-state index in [-0.39, 0.29) is 0 Å². The summed E-state index contributed by atoms with van der Waals surface area (Å²) in [6.45, 7) is 7.77. The molecule has 0 aromatic heterocycles. The van der Waals surface area contributed by atoms with E-state index in [2.05, 4.69) is 49.2 Å². The molecule has 88 valence electrons. The van der Waals surface area contributed by atoms with E-state index in [1.807, 2.05) is 7.05 Å². The monoisotopic (exact) mass is 218 g/mol. The molecule has 1 aromatic carbocycles. The van der Waals surface area contributed by atoms with Crippen LogP contribution in [0.4, 0.5) is 5.69 Å². The molecule has 0 spiro atoms. The van der Waals surface area contributed by atoms with Gasteiger partial charge in [0.15, 0.2) is 0 Å². The van der Waals surface area contributed by atoms with Crippen molar-refractivity contribution in [2.24, 2.45) is 0 Å². The van der Waals surface area contributed by atoms with Crippen LogP contribution in [0, 0.1) is 6.92 Å². The first-order chi connectivity index (χ1) is 7.67. The largest absolute Gasteiger partial charge is 0.367 e. The van der Waals surface area contributed by atoms with Gasteiger partial charge in [0.25, 0.3) is 0 Å². The number of benzene rings is 1. The van der Waals surface area contributed by atoms with Crippen molar-refractivity contribution in [3.8, 4) is 0 Å². The fourth-order valence-corrected chi connectivity index (χ4v) is 2.72. The SMILES string of the molecule is CCN1c2ccc(C)cc2CC1C(C)NC. The van der Waals surface area contributed by atoms with Crippen LogP contribution in [0.15, 0.2) is 18.2 Å². The highest BCUT2D eigenvalue weighted by atomic mass is 15.2. The van der Waals surface area contributed by atoms with Crippen molar-refractivity contribution in [2.75, 3.05) is 18.5 Å². The molecule has 0 bridgehead atoms. The van der Waals surface area contributed by atoms with Crippen molar-refractivity contribution in [1.82, 2.24) is 5.32 Å². The van der Waals surface area contributed by atoms with Gasteiger partial charge < -0.3 is 10.2 Å². The molecule has 0 saturated heterocycles. The van der Waals surface area contributed by atoms with Crippen LogP contribution in [0.3, 0.4) is 0 Å². The average molecular weight is 218 g/mol. The third kappa shape index (κ3) is 1.82. The summed E-state index contributed by atoms with van der Waals surface area (Å²) in [5, 5.41) is 3.38. The van der Waals surface area contributed by atoms with E-state index in [1.165, 1.54) is 23.2 Å². The summed E-state index contributed by atoms with van der Waals surface area (Å²) in [6.07, 6.45) is 1.17. The number of aryl methyl sites for hydroxylation is 1. The fourth-order valence-electron chi connectivity index (χ4n) is 2.72. The Labute approximate surface area is 98.7 Å². The third-order valence-corrected chi connectivity index (χ3v) is 3.75. The van der Waals surface area contributed by atoms with Crippen LogP contribution in [0.1, 0.15) is 25.0 Å². The van der Waals surface area contributed by atoms with Gasteiger partial charge in [-0.3, -0.25) is 0 Å². The van der Waals surface area contributed by atoms with Crippen LogP contribution in [0.5, 0.6) is 0 Å². The minimum Gasteiger partial charge on any atom is -0.367 e. The van der Waals surface area contributed by atoms with Crippen LogP contribution in [0.25, 0.3) is 0 Å². The lowest BCUT2D eigenvalue weighted by Gasteiger charge is -2.30. The van der Waals surface area contributed by atoms with Crippen molar-refractivity contribution in [1.29, 1.82) is 0 Å². The summed E-state index contributed by atoms with van der Waals surface area (Å²) < 4.78 is 0. The molecule has 2 unspecified atom stereocenters. The molecule has 2 atom stereocenters. The highest BCUT2D eigenvalue weighted by Crippen LogP contribution is 2.33. The first kappa shape index (κ1) is 11.5. The molecule has 16 heavy (non-hydrogen) atoms. The Bertz CT molecular complexity index is 373. The Hall–Kier alpha value is -1.02. The standard InChI is InChI=1S/C14H22N2/c1-5-16-13-7-6-10(2)8-12(13)9-14(16)11(3)15-4/h6-8,11,14-15H,5,9H2,1-4H3. The lowest BCUT2D eigenvalue weighted by molar-refractivity contribution is 0.476. The van der Waals surface area contributed by atoms with E-state index in [0.29, 0.717) is 12.1 Å². The number of likely N-dealkylation sites (N-methyl/N-ethyl adjacent to an activating group) is 2. The number of fused-ring (bicyclic) bond motifs is 1. The second-order valence-electron chi connectivity index (χ2n) is 4.77. The van der Waals surface area contributed by atoms with Crippen LogP contribution in [-0.4, -0.2) is 25.7 Å². The maximum absolute atomic E-state index is 3.38. The van der Waals surface area contributed by atoms with Gasteiger partial charge in [0.1, 0.15) is 0 Å². The lowest BCUT2D eigenvalue weighted by atomic mass is 10.0. The van der Waals surface area contributed by atoms with Gasteiger partial charge in [-0.15, -0.1) is 0 Å². The van der Waals surface area contributed by atoms with Gasteiger partial charge in [0.2, 0.25) is 0 Å². The fraction of sp³-hybridized carbons (Fsp3) is 0.571. The van der Waals surface area contributed by atoms with E-state index in [4.69, 9.17) is 0 Å². The van der Waals surface area contributed by atoms with Crippen molar-refractivity contribution in [2.45, 2.75) is 39.3 Å². The van der Waals surface area contributed by atoms with E-state index in [0.717, 1.165) is 6.54 Å². The molecule has 1 aliphatic heterocycles. The molecule has 1 N–H and O–H groups in total. The Morgan fingerprint density at radius 2 is 2.25 bits per heavy atom. The number of rotatable bonds is 3. The molecule has 2 nitrogen and oxygen atoms in total. The molecule has 0 saturated carbocycles. The number of nitrogens with one attached hydrogen (secondary N) is 1. The summed E-state index contributed by atoms with van der Waals surface area (Å²) in [6, 6.07) is 7.96. The van der Waals surface area contributed by atoms with Crippen LogP contribution in [-0.2, 0) is 6.42 Å². The molecule has 0 aliphatic carbocycles. The smallest absolute Gasteiger partial charge is 0.0481 e. The minimum atomic E-state index is 0.535. The molecular weight excluding hydrogens is 196 g/mol. The van der Waals surface area contributed by atoms with Crippen LogP contribution < -0.4 is 10.2 Å². The van der Waals surface area contributed by atoms with Gasteiger partial charge in [-0.1, -0.05) is 17.7 Å². The highest BCUT2D eigenvalue weighted by molar-refractivity contribution is 5.60. The van der Waals surface area contributed by atoms with Gasteiger partial charge >= 0.3 is 0 Å². The predicted octanol–water partition coefficient (Wildman–Crippen LogP) is 2.35. The number of nitrogens with zero attached hydrogens (tertiary/aromatic N) is 1. The maximum atomic E-state index is 3.38. The Morgan fingerprint density at radius 3 is 2.88 bits per heavy atom. The third-order valence-electron chi connectivity index (χ3n) is 3.75. The molecule has 1 aliphatic rings. The summed E-state index contributed by atoms with van der Waals surface area (Å²) >= 11 is 0. The first-order valence-electron chi connectivity index (χ1n) is 6.20. The minimum absolute atomic E-state index is 0.535. The molecule has 1 aromatic rings. The van der Waals surface area contributed by atoms with Crippen LogP contribution >= 0.6 is 0 Å². The second kappa shape index (κ2) is 4.46. The average Bonchev–Trinajstić information content (AvgIpc) is 2.65. The summed E-state index contributed by atoms with van der Waals surface area (Å²) in [5.41, 5.74) is 4.31. The van der Waals surface area contributed by atoms with Gasteiger partial charge in [0, 0.05) is 24.3 Å². The Balaban J connectivity index is 2.32. The van der Waals surface area contributed by atoms with E-state index >= 15 is 0 Å². The predicted molar refractivity (Wildman–Crippen MR) is 70.2 cm³/mol. The van der Waals surface area contributed by atoms with Crippen molar-refractivity contribution in [3.63, 3.8) is 0 Å². The molecule has 0 fully saturated rings. The zero-order chi connectivity index (χ0) is 11.7. The normalized spacial score (nSPS) is 21.0. The van der Waals surface area contributed by atoms with E-state index < -0.39 is 0 Å². The van der Waals surface area contributed by atoms with Crippen molar-refractivity contribution in [3.05, 3.63) is 29.3 Å². The number of hydrogen-bond donors (Lipinski definition) is 1. The summed E-state index contributed by atoms with van der Waals surface area (Å²) in [7, 11) is 2.05. The molecule has 2 heteroatoms. The summed E-state index contributed by atoms with van der Waals surface area (Å²) in [4.78, 5) is 2.52. The van der Waals surface area contributed by atoms with Gasteiger partial charge in [-0.05, 0) is 45.9 Å². The quantitative estimate of drug-likeness (QED) is 0.838. The molecule has 1 heterocycles.